The molecule has 1 aliphatic rings. The van der Waals surface area contributed by atoms with Crippen molar-refractivity contribution in [2.45, 2.75) is 6.42 Å². The van der Waals surface area contributed by atoms with Gasteiger partial charge in [0.2, 0.25) is 5.91 Å². The van der Waals surface area contributed by atoms with Crippen molar-refractivity contribution < 1.29 is 9.21 Å². The molecule has 19 heavy (non-hydrogen) atoms. The van der Waals surface area contributed by atoms with Crippen LogP contribution in [0.4, 0.5) is 5.69 Å². The number of H-pyrrole nitrogens is 1. The fourth-order valence-corrected chi connectivity index (χ4v) is 2.15. The number of oxazole rings is 1. The van der Waals surface area contributed by atoms with Gasteiger partial charge >= 0.3 is 5.76 Å². The lowest BCUT2D eigenvalue weighted by Crippen LogP contribution is -2.24. The summed E-state index contributed by atoms with van der Waals surface area (Å²) in [5.74, 6) is -0.470. The molecule has 3 N–H and O–H groups in total. The molecular weight excluding hydrogens is 270 g/mol. The van der Waals surface area contributed by atoms with Crippen LogP contribution < -0.4 is 16.4 Å². The second-order valence-electron chi connectivity index (χ2n) is 4.40. The first kappa shape index (κ1) is 13.6. The molecule has 0 aliphatic carbocycles. The van der Waals surface area contributed by atoms with Crippen molar-refractivity contribution in [1.29, 1.82) is 0 Å². The Hall–Kier alpha value is -1.79. The first-order valence-corrected chi connectivity index (χ1v) is 5.87. The summed E-state index contributed by atoms with van der Waals surface area (Å²) in [4.78, 5) is 25.5. The molecule has 0 bridgehead atoms. The van der Waals surface area contributed by atoms with Gasteiger partial charge in [0.15, 0.2) is 5.58 Å². The number of rotatable bonds is 2. The van der Waals surface area contributed by atoms with Gasteiger partial charge in [0, 0.05) is 12.2 Å². The summed E-state index contributed by atoms with van der Waals surface area (Å²) in [6.45, 7) is 1.60. The Kier molecular flexibility index (Phi) is 3.92. The molecule has 1 aromatic heterocycles. The average molecular weight is 284 g/mol. The minimum atomic E-state index is -0.492. The predicted octanol–water partition coefficient (Wildman–Crippen LogP) is 1.09. The van der Waals surface area contributed by atoms with Gasteiger partial charge in [0.25, 0.3) is 0 Å². The lowest BCUT2D eigenvalue weighted by atomic mass is 10.1. The number of fused-ring (bicyclic) bond motifs is 1. The minimum absolute atomic E-state index is 0. The van der Waals surface area contributed by atoms with E-state index < -0.39 is 5.76 Å². The first-order valence-electron chi connectivity index (χ1n) is 5.87. The number of hydrogen-bond acceptors (Lipinski definition) is 4. The number of aromatic nitrogens is 1. The van der Waals surface area contributed by atoms with Crippen molar-refractivity contribution in [3.63, 3.8) is 0 Å². The zero-order valence-corrected chi connectivity index (χ0v) is 10.9. The molecule has 1 fully saturated rings. The molecule has 6 nitrogen and oxygen atoms in total. The van der Waals surface area contributed by atoms with E-state index in [1.807, 2.05) is 0 Å². The highest BCUT2D eigenvalue weighted by atomic mass is 35.5. The van der Waals surface area contributed by atoms with E-state index in [0.717, 1.165) is 19.5 Å². The zero-order chi connectivity index (χ0) is 12.5. The van der Waals surface area contributed by atoms with Crippen molar-refractivity contribution in [3.8, 4) is 0 Å². The summed E-state index contributed by atoms with van der Waals surface area (Å²) < 4.78 is 4.89. The van der Waals surface area contributed by atoms with Crippen LogP contribution in [0.25, 0.3) is 11.1 Å². The SMILES string of the molecule is Cl.O=C(Nc1ccc2oc(=O)[nH]c2c1)C1CCNC1. The number of aromatic amines is 1. The largest absolute Gasteiger partial charge is 0.417 e. The van der Waals surface area contributed by atoms with Gasteiger partial charge in [-0.3, -0.25) is 9.78 Å². The molecule has 7 heteroatoms. The summed E-state index contributed by atoms with van der Waals surface area (Å²) >= 11 is 0. The molecule has 1 aromatic carbocycles. The maximum absolute atomic E-state index is 11.9. The number of carbonyl (C=O) groups is 1. The van der Waals surface area contributed by atoms with E-state index in [1.54, 1.807) is 18.2 Å². The smallest absolute Gasteiger partial charge is 0.408 e. The lowest BCUT2D eigenvalue weighted by Gasteiger charge is -2.09. The summed E-state index contributed by atoms with van der Waals surface area (Å²) in [5, 5.41) is 5.99. The number of amides is 1. The van der Waals surface area contributed by atoms with E-state index >= 15 is 0 Å². The molecule has 1 atom stereocenters. The molecule has 0 spiro atoms. The van der Waals surface area contributed by atoms with Gasteiger partial charge in [0.05, 0.1) is 11.4 Å². The number of benzene rings is 1. The number of halogens is 1. The highest BCUT2D eigenvalue weighted by Crippen LogP contribution is 2.18. The van der Waals surface area contributed by atoms with Gasteiger partial charge < -0.3 is 15.1 Å². The molecule has 2 heterocycles. The maximum atomic E-state index is 11.9. The molecule has 1 amide bonds. The Morgan fingerprint density at radius 2 is 2.26 bits per heavy atom. The third-order valence-electron chi connectivity index (χ3n) is 3.12. The van der Waals surface area contributed by atoms with Gasteiger partial charge in [-0.2, -0.15) is 0 Å². The number of hydrogen-bond donors (Lipinski definition) is 3. The van der Waals surface area contributed by atoms with Crippen LogP contribution in [0.3, 0.4) is 0 Å². The highest BCUT2D eigenvalue weighted by Gasteiger charge is 2.22. The Labute approximate surface area is 115 Å². The normalized spacial score (nSPS) is 18.2. The van der Waals surface area contributed by atoms with Crippen molar-refractivity contribution in [1.82, 2.24) is 10.3 Å². The number of carbonyl (C=O) groups excluding carboxylic acids is 1. The third kappa shape index (κ3) is 2.80. The topological polar surface area (TPSA) is 87.1 Å². The Balaban J connectivity index is 0.00000133. The molecule has 102 valence electrons. The van der Waals surface area contributed by atoms with E-state index in [4.69, 9.17) is 4.42 Å². The summed E-state index contributed by atoms with van der Waals surface area (Å²) in [5.41, 5.74) is 1.74. The molecule has 1 unspecified atom stereocenters. The van der Waals surface area contributed by atoms with Crippen molar-refractivity contribution in [2.24, 2.45) is 5.92 Å². The molecule has 1 saturated heterocycles. The van der Waals surface area contributed by atoms with Gasteiger partial charge in [-0.05, 0) is 31.2 Å². The molecule has 0 radical (unpaired) electrons. The van der Waals surface area contributed by atoms with Crippen LogP contribution in [0.2, 0.25) is 0 Å². The fourth-order valence-electron chi connectivity index (χ4n) is 2.15. The summed E-state index contributed by atoms with van der Waals surface area (Å²) in [6.07, 6.45) is 0.858. The molecule has 2 aromatic rings. The lowest BCUT2D eigenvalue weighted by molar-refractivity contribution is -0.119. The minimum Gasteiger partial charge on any atom is -0.408 e. The second kappa shape index (κ2) is 5.46. The average Bonchev–Trinajstić information content (AvgIpc) is 2.95. The first-order chi connectivity index (χ1) is 8.72. The highest BCUT2D eigenvalue weighted by molar-refractivity contribution is 5.94. The number of anilines is 1. The zero-order valence-electron chi connectivity index (χ0n) is 10.1. The van der Waals surface area contributed by atoms with Crippen LogP contribution in [0.15, 0.2) is 27.4 Å². The van der Waals surface area contributed by atoms with E-state index in [9.17, 15) is 9.59 Å². The molecule has 3 rings (SSSR count). The van der Waals surface area contributed by atoms with E-state index in [2.05, 4.69) is 15.6 Å². The van der Waals surface area contributed by atoms with Crippen LogP contribution in [0.1, 0.15) is 6.42 Å². The van der Waals surface area contributed by atoms with Crippen LogP contribution in [-0.2, 0) is 4.79 Å². The van der Waals surface area contributed by atoms with E-state index in [0.29, 0.717) is 16.8 Å². The van der Waals surface area contributed by atoms with Gasteiger partial charge in [-0.25, -0.2) is 4.79 Å². The monoisotopic (exact) mass is 283 g/mol. The molecule has 1 aliphatic heterocycles. The Morgan fingerprint density at radius 1 is 1.42 bits per heavy atom. The Bertz CT molecular complexity index is 643. The Morgan fingerprint density at radius 3 is 3.00 bits per heavy atom. The maximum Gasteiger partial charge on any atom is 0.417 e. The van der Waals surface area contributed by atoms with E-state index in [-0.39, 0.29) is 24.2 Å². The molecular formula is C12H14ClN3O3. The van der Waals surface area contributed by atoms with Crippen molar-refractivity contribution >= 4 is 35.1 Å². The third-order valence-corrected chi connectivity index (χ3v) is 3.12. The van der Waals surface area contributed by atoms with Gasteiger partial charge in [-0.1, -0.05) is 0 Å². The van der Waals surface area contributed by atoms with E-state index in [1.165, 1.54) is 0 Å². The van der Waals surface area contributed by atoms with Crippen molar-refractivity contribution in [3.05, 3.63) is 28.7 Å². The second-order valence-corrected chi connectivity index (χ2v) is 4.40. The van der Waals surface area contributed by atoms with Crippen LogP contribution in [0, 0.1) is 5.92 Å². The fraction of sp³-hybridized carbons (Fsp3) is 0.333. The van der Waals surface area contributed by atoms with Crippen LogP contribution >= 0.6 is 12.4 Å². The summed E-state index contributed by atoms with van der Waals surface area (Å²) in [7, 11) is 0. The van der Waals surface area contributed by atoms with Gasteiger partial charge in [-0.15, -0.1) is 12.4 Å². The molecule has 0 saturated carbocycles. The quantitative estimate of drug-likeness (QED) is 0.770. The predicted molar refractivity (Wildman–Crippen MR) is 73.7 cm³/mol. The summed E-state index contributed by atoms with van der Waals surface area (Å²) in [6, 6.07) is 5.08. The van der Waals surface area contributed by atoms with Crippen LogP contribution in [0.5, 0.6) is 0 Å². The van der Waals surface area contributed by atoms with Crippen LogP contribution in [-0.4, -0.2) is 24.0 Å². The van der Waals surface area contributed by atoms with Crippen molar-refractivity contribution in [2.75, 3.05) is 18.4 Å². The number of nitrogens with one attached hydrogen (secondary N) is 3. The van der Waals surface area contributed by atoms with Gasteiger partial charge in [0.1, 0.15) is 0 Å². The standard InChI is InChI=1S/C12H13N3O3.ClH/c16-11(7-3-4-13-6-7)14-8-1-2-10-9(5-8)15-12(17)18-10;/h1-2,5,7,13H,3-4,6H2,(H,14,16)(H,15,17);1H.